The van der Waals surface area contributed by atoms with Crippen molar-refractivity contribution in [3.05, 3.63) is 24.3 Å². The molecule has 0 aromatic rings. The Bertz CT molecular complexity index is 205. The molecular formula is C8H8Cl2HgO4. The molecule has 0 aliphatic heterocycles. The Hall–Kier alpha value is -0.0649. The summed E-state index contributed by atoms with van der Waals surface area (Å²) < 4.78 is 0. The monoisotopic (exact) mass is 440 g/mol. The Balaban J connectivity index is -0.000000180. The third-order valence-corrected chi connectivity index (χ3v) is 1.04. The van der Waals surface area contributed by atoms with Gasteiger partial charge in [-0.1, -0.05) is 12.2 Å². The van der Waals surface area contributed by atoms with Gasteiger partial charge in [-0.2, -0.15) is 0 Å². The fourth-order valence-corrected chi connectivity index (χ4v) is 0.460. The van der Waals surface area contributed by atoms with E-state index in [9.17, 15) is 19.8 Å². The number of rotatable bonds is 4. The third kappa shape index (κ3) is 31.5. The molecule has 0 heterocycles. The molecule has 0 atom stereocenters. The van der Waals surface area contributed by atoms with Crippen molar-refractivity contribution >= 4 is 35.1 Å². The van der Waals surface area contributed by atoms with Crippen molar-refractivity contribution in [3.63, 3.8) is 0 Å². The van der Waals surface area contributed by atoms with Gasteiger partial charge in [-0.05, 0) is 12.2 Å². The molecular weight excluding hydrogens is 432 g/mol. The van der Waals surface area contributed by atoms with Crippen molar-refractivity contribution in [2.75, 3.05) is 11.8 Å². The molecule has 0 unspecified atom stereocenters. The van der Waals surface area contributed by atoms with Gasteiger partial charge < -0.3 is 19.8 Å². The molecule has 80 valence electrons. The Morgan fingerprint density at radius 1 is 0.933 bits per heavy atom. The van der Waals surface area contributed by atoms with Crippen LogP contribution in [0.5, 0.6) is 0 Å². The molecule has 0 rings (SSSR count). The van der Waals surface area contributed by atoms with Gasteiger partial charge in [0.1, 0.15) is 0 Å². The van der Waals surface area contributed by atoms with Gasteiger partial charge in [0.2, 0.25) is 0 Å². The van der Waals surface area contributed by atoms with Gasteiger partial charge >= 0.3 is 27.7 Å². The largest absolute Gasteiger partial charge is 2.00 e. The molecule has 0 N–H and O–H groups in total. The minimum atomic E-state index is -1.21. The maximum absolute atomic E-state index is 9.50. The Morgan fingerprint density at radius 2 is 1.20 bits per heavy atom. The van der Waals surface area contributed by atoms with Gasteiger partial charge in [-0.25, -0.2) is 0 Å². The number of hydrogen-bond donors (Lipinski definition) is 0. The summed E-state index contributed by atoms with van der Waals surface area (Å²) in [5.74, 6) is -1.98. The van der Waals surface area contributed by atoms with Gasteiger partial charge in [0.25, 0.3) is 0 Å². The summed E-state index contributed by atoms with van der Waals surface area (Å²) in [4.78, 5) is 19.0. The minimum absolute atomic E-state index is 0. The van der Waals surface area contributed by atoms with Crippen LogP contribution < -0.4 is 10.2 Å². The van der Waals surface area contributed by atoms with E-state index >= 15 is 0 Å². The molecule has 0 bridgehead atoms. The number of carbonyl (C=O) groups excluding carboxylic acids is 2. The fraction of sp³-hybridized carbons (Fsp3) is 0.250. The van der Waals surface area contributed by atoms with Crippen LogP contribution in [0.2, 0.25) is 0 Å². The zero-order valence-corrected chi connectivity index (χ0v) is 14.8. The topological polar surface area (TPSA) is 80.3 Å². The van der Waals surface area contributed by atoms with Crippen LogP contribution in [0, 0.1) is 0 Å². The van der Waals surface area contributed by atoms with Crippen molar-refractivity contribution in [1.29, 1.82) is 0 Å². The van der Waals surface area contributed by atoms with Gasteiger partial charge in [-0.15, -0.1) is 23.2 Å². The molecule has 0 spiro atoms. The number of carbonyl (C=O) groups is 2. The second-order valence-corrected chi connectivity index (χ2v) is 2.37. The van der Waals surface area contributed by atoms with Crippen LogP contribution in [0.1, 0.15) is 0 Å². The van der Waals surface area contributed by atoms with E-state index in [2.05, 4.69) is 0 Å². The zero-order chi connectivity index (χ0) is 11.4. The van der Waals surface area contributed by atoms with Gasteiger partial charge in [0.15, 0.2) is 0 Å². The van der Waals surface area contributed by atoms with Crippen LogP contribution >= 0.6 is 23.2 Å². The van der Waals surface area contributed by atoms with Gasteiger partial charge in [0.05, 0.1) is 11.9 Å². The molecule has 0 amide bonds. The van der Waals surface area contributed by atoms with Crippen molar-refractivity contribution in [3.8, 4) is 0 Å². The van der Waals surface area contributed by atoms with Crippen LogP contribution in [0.15, 0.2) is 24.3 Å². The average Bonchev–Trinajstić information content (AvgIpc) is 2.12. The Kier molecular flexibility index (Phi) is 22.2. The summed E-state index contributed by atoms with van der Waals surface area (Å²) in [5, 5.41) is 19.0. The van der Waals surface area contributed by atoms with E-state index < -0.39 is 11.9 Å². The van der Waals surface area contributed by atoms with Gasteiger partial charge in [-0.3, -0.25) is 0 Å². The first-order chi connectivity index (χ1) is 6.54. The van der Waals surface area contributed by atoms with Crippen LogP contribution in [-0.4, -0.2) is 23.7 Å². The molecule has 0 aromatic carbocycles. The standard InChI is InChI=1S/2C4H5ClO2.Hg/c2*5-3-1-2-4(6)7;/h2*1-2H,3H2,(H,6,7);/q;;+2/p-2/b2*2-1+;. The number of carboxylic acids is 2. The maximum Gasteiger partial charge on any atom is 2.00 e. The molecule has 4 nitrogen and oxygen atoms in total. The average molecular weight is 440 g/mol. The van der Waals surface area contributed by atoms with Crippen molar-refractivity contribution in [2.24, 2.45) is 0 Å². The number of allylic oxidation sites excluding steroid dienone is 2. The molecule has 0 aliphatic rings. The molecule has 0 fully saturated rings. The van der Waals surface area contributed by atoms with Crippen molar-refractivity contribution in [1.82, 2.24) is 0 Å². The number of halogens is 2. The van der Waals surface area contributed by atoms with Crippen LogP contribution in [0.25, 0.3) is 0 Å². The molecule has 15 heavy (non-hydrogen) atoms. The summed E-state index contributed by atoms with van der Waals surface area (Å²) in [5.41, 5.74) is 0. The smallest absolute Gasteiger partial charge is 0.545 e. The summed E-state index contributed by atoms with van der Waals surface area (Å²) >= 11 is 10.1. The van der Waals surface area contributed by atoms with Crippen LogP contribution in [0.3, 0.4) is 0 Å². The first-order valence-electron chi connectivity index (χ1n) is 3.41. The summed E-state index contributed by atoms with van der Waals surface area (Å²) in [6, 6.07) is 0. The van der Waals surface area contributed by atoms with Crippen LogP contribution in [-0.2, 0) is 37.3 Å². The minimum Gasteiger partial charge on any atom is -0.545 e. The molecule has 0 saturated heterocycles. The molecule has 0 aromatic heterocycles. The molecule has 0 saturated carbocycles. The molecule has 0 aliphatic carbocycles. The summed E-state index contributed by atoms with van der Waals surface area (Å²) in [6.45, 7) is 0. The molecule has 0 radical (unpaired) electrons. The van der Waals surface area contributed by atoms with E-state index in [1.807, 2.05) is 0 Å². The van der Waals surface area contributed by atoms with E-state index in [1.165, 1.54) is 12.2 Å². The number of aliphatic carboxylic acids is 2. The van der Waals surface area contributed by atoms with Crippen molar-refractivity contribution in [2.45, 2.75) is 0 Å². The van der Waals surface area contributed by atoms with Crippen molar-refractivity contribution < 1.29 is 47.5 Å². The number of hydrogen-bond acceptors (Lipinski definition) is 4. The Labute approximate surface area is 118 Å². The second-order valence-electron chi connectivity index (χ2n) is 1.75. The van der Waals surface area contributed by atoms with E-state index in [0.29, 0.717) is 0 Å². The predicted molar refractivity (Wildman–Crippen MR) is 49.7 cm³/mol. The zero-order valence-electron chi connectivity index (χ0n) is 7.82. The summed E-state index contributed by atoms with van der Waals surface area (Å²) in [6.07, 6.45) is 4.40. The second kappa shape index (κ2) is 16.4. The Morgan fingerprint density at radius 3 is 1.27 bits per heavy atom. The van der Waals surface area contributed by atoms with Crippen LogP contribution in [0.4, 0.5) is 0 Å². The first kappa shape index (κ1) is 20.4. The fourth-order valence-electron chi connectivity index (χ4n) is 0.282. The SMILES string of the molecule is O=C([O-])/C=C/CCl.O=C([O-])/C=C/CCl.[Hg+2]. The first-order valence-corrected chi connectivity index (χ1v) is 4.48. The van der Waals surface area contributed by atoms with E-state index in [4.69, 9.17) is 23.2 Å². The maximum atomic E-state index is 9.50. The third-order valence-electron chi connectivity index (χ3n) is 0.686. The quantitative estimate of drug-likeness (QED) is 0.322. The summed E-state index contributed by atoms with van der Waals surface area (Å²) in [7, 11) is 0. The van der Waals surface area contributed by atoms with E-state index in [0.717, 1.165) is 12.2 Å². The van der Waals surface area contributed by atoms with Gasteiger partial charge in [0, 0.05) is 11.8 Å². The predicted octanol–water partition coefficient (Wildman–Crippen LogP) is -0.940. The van der Waals surface area contributed by atoms with E-state index in [1.54, 1.807) is 0 Å². The number of alkyl halides is 2. The number of carboxylic acid groups (broad SMARTS) is 2. The normalized spacial score (nSPS) is 9.20. The van der Waals surface area contributed by atoms with E-state index in [-0.39, 0.29) is 39.4 Å². The molecule has 7 heteroatoms.